The molecule has 0 bridgehead atoms. The number of nitrogens with one attached hydrogen (secondary N) is 1. The fraction of sp³-hybridized carbons (Fsp3) is 0.524. The van der Waals surface area contributed by atoms with Gasteiger partial charge in [0.1, 0.15) is 11.6 Å². The number of amides is 1. The Kier molecular flexibility index (Phi) is 6.20. The van der Waals surface area contributed by atoms with Gasteiger partial charge in [0.15, 0.2) is 5.82 Å². The highest BCUT2D eigenvalue weighted by molar-refractivity contribution is 5.86. The molecule has 3 aromatic rings. The first-order valence-corrected chi connectivity index (χ1v) is 10.1. The molecule has 2 heterocycles. The summed E-state index contributed by atoms with van der Waals surface area (Å²) in [7, 11) is 1.65. The number of hydrogen-bond donors (Lipinski definition) is 2. The van der Waals surface area contributed by atoms with Crippen molar-refractivity contribution in [1.29, 1.82) is 0 Å². The maximum atomic E-state index is 11.5. The first-order valence-electron chi connectivity index (χ1n) is 10.1. The van der Waals surface area contributed by atoms with Gasteiger partial charge in [-0.15, -0.1) is 10.2 Å². The van der Waals surface area contributed by atoms with Crippen molar-refractivity contribution >= 4 is 28.4 Å². The SMILES string of the molecule is COc1cc(C)c2c(c1)nc(NCCCCC(C(N)=O)C(C)C)c1nnc(C)n12. The van der Waals surface area contributed by atoms with Crippen molar-refractivity contribution in [3.05, 3.63) is 23.5 Å². The number of unbranched alkanes of at least 4 members (excludes halogenated alkanes) is 1. The second kappa shape index (κ2) is 8.63. The third kappa shape index (κ3) is 4.26. The van der Waals surface area contributed by atoms with E-state index < -0.39 is 0 Å². The van der Waals surface area contributed by atoms with E-state index in [0.717, 1.165) is 54.0 Å². The largest absolute Gasteiger partial charge is 0.497 e. The Morgan fingerprint density at radius 3 is 2.66 bits per heavy atom. The summed E-state index contributed by atoms with van der Waals surface area (Å²) in [4.78, 5) is 16.3. The normalized spacial score (nSPS) is 12.6. The van der Waals surface area contributed by atoms with Crippen LogP contribution in [0.5, 0.6) is 5.75 Å². The highest BCUT2D eigenvalue weighted by Crippen LogP contribution is 2.28. The quantitative estimate of drug-likeness (QED) is 0.536. The van der Waals surface area contributed by atoms with Crippen molar-refractivity contribution in [3.63, 3.8) is 0 Å². The second-order valence-corrected chi connectivity index (χ2v) is 7.85. The van der Waals surface area contributed by atoms with Crippen LogP contribution in [0.4, 0.5) is 5.82 Å². The zero-order valence-corrected chi connectivity index (χ0v) is 17.8. The van der Waals surface area contributed by atoms with E-state index in [9.17, 15) is 4.79 Å². The smallest absolute Gasteiger partial charge is 0.220 e. The van der Waals surface area contributed by atoms with Crippen LogP contribution in [0.25, 0.3) is 16.7 Å². The fourth-order valence-electron chi connectivity index (χ4n) is 3.80. The fourth-order valence-corrected chi connectivity index (χ4v) is 3.80. The van der Waals surface area contributed by atoms with Gasteiger partial charge in [-0.25, -0.2) is 4.98 Å². The minimum atomic E-state index is -0.214. The molecule has 156 valence electrons. The van der Waals surface area contributed by atoms with Crippen LogP contribution < -0.4 is 15.8 Å². The number of fused-ring (bicyclic) bond motifs is 3. The number of nitrogens with zero attached hydrogens (tertiary/aromatic N) is 4. The predicted octanol–water partition coefficient (Wildman–Crippen LogP) is 3.24. The van der Waals surface area contributed by atoms with Gasteiger partial charge in [0, 0.05) is 18.5 Å². The summed E-state index contributed by atoms with van der Waals surface area (Å²) in [5, 5.41) is 12.0. The lowest BCUT2D eigenvalue weighted by Gasteiger charge is -2.17. The van der Waals surface area contributed by atoms with Gasteiger partial charge >= 0.3 is 0 Å². The molecule has 3 rings (SSSR count). The summed E-state index contributed by atoms with van der Waals surface area (Å²) >= 11 is 0. The topological polar surface area (TPSA) is 107 Å². The number of hydrogen-bond acceptors (Lipinski definition) is 6. The maximum absolute atomic E-state index is 11.5. The van der Waals surface area contributed by atoms with E-state index >= 15 is 0 Å². The van der Waals surface area contributed by atoms with E-state index in [1.165, 1.54) is 0 Å². The molecular formula is C21H30N6O2. The number of carbonyl (C=O) groups excluding carboxylic acids is 1. The van der Waals surface area contributed by atoms with E-state index in [4.69, 9.17) is 15.5 Å². The van der Waals surface area contributed by atoms with E-state index in [0.29, 0.717) is 11.5 Å². The predicted molar refractivity (Wildman–Crippen MR) is 114 cm³/mol. The summed E-state index contributed by atoms with van der Waals surface area (Å²) in [6.45, 7) is 8.76. The lowest BCUT2D eigenvalue weighted by molar-refractivity contribution is -0.123. The third-order valence-corrected chi connectivity index (χ3v) is 5.39. The average molecular weight is 399 g/mol. The number of carbonyl (C=O) groups is 1. The van der Waals surface area contributed by atoms with Crippen LogP contribution in [0.1, 0.15) is 44.5 Å². The molecule has 1 unspecified atom stereocenters. The molecule has 0 saturated heterocycles. The van der Waals surface area contributed by atoms with E-state index in [-0.39, 0.29) is 17.7 Å². The number of anilines is 1. The summed E-state index contributed by atoms with van der Waals surface area (Å²) in [6, 6.07) is 3.91. The highest BCUT2D eigenvalue weighted by atomic mass is 16.5. The Balaban J connectivity index is 1.79. The molecule has 2 aromatic heterocycles. The molecule has 1 amide bonds. The Hall–Kier alpha value is -2.90. The Bertz CT molecular complexity index is 1030. The number of aromatic nitrogens is 4. The van der Waals surface area contributed by atoms with Crippen LogP contribution >= 0.6 is 0 Å². The molecule has 0 aliphatic carbocycles. The molecule has 3 N–H and O–H groups in total. The third-order valence-electron chi connectivity index (χ3n) is 5.39. The molecule has 1 atom stereocenters. The lowest BCUT2D eigenvalue weighted by Crippen LogP contribution is -2.27. The van der Waals surface area contributed by atoms with Gasteiger partial charge in [-0.05, 0) is 44.2 Å². The number of methoxy groups -OCH3 is 1. The number of rotatable bonds is 9. The summed E-state index contributed by atoms with van der Waals surface area (Å²) in [6.07, 6.45) is 2.63. The number of benzene rings is 1. The van der Waals surface area contributed by atoms with E-state index in [1.807, 2.05) is 44.2 Å². The van der Waals surface area contributed by atoms with E-state index in [1.54, 1.807) is 7.11 Å². The zero-order valence-electron chi connectivity index (χ0n) is 17.8. The maximum Gasteiger partial charge on any atom is 0.220 e. The van der Waals surface area contributed by atoms with Crippen molar-refractivity contribution < 1.29 is 9.53 Å². The molecule has 0 aliphatic heterocycles. The van der Waals surface area contributed by atoms with Crippen LogP contribution in [0.2, 0.25) is 0 Å². The van der Waals surface area contributed by atoms with Gasteiger partial charge in [0.25, 0.3) is 0 Å². The van der Waals surface area contributed by atoms with Crippen molar-refractivity contribution in [2.75, 3.05) is 19.0 Å². The minimum absolute atomic E-state index is 0.0740. The number of primary amides is 1. The lowest BCUT2D eigenvalue weighted by atomic mass is 9.90. The Labute approximate surface area is 170 Å². The highest BCUT2D eigenvalue weighted by Gasteiger charge is 2.19. The molecule has 0 aliphatic rings. The van der Waals surface area contributed by atoms with Gasteiger partial charge < -0.3 is 15.8 Å². The van der Waals surface area contributed by atoms with Gasteiger partial charge in [-0.3, -0.25) is 9.20 Å². The van der Waals surface area contributed by atoms with Crippen LogP contribution in [-0.2, 0) is 4.79 Å². The van der Waals surface area contributed by atoms with Gasteiger partial charge in [-0.2, -0.15) is 0 Å². The molecule has 0 spiro atoms. The molecule has 0 saturated carbocycles. The molecule has 1 aromatic carbocycles. The molecule has 0 fully saturated rings. The van der Waals surface area contributed by atoms with Crippen LogP contribution in [0.3, 0.4) is 0 Å². The standard InChI is InChI=1S/C21H30N6O2/c1-12(2)16(19(22)28)8-6-7-9-23-20-21-26-25-14(4)27(21)18-13(3)10-15(29-5)11-17(18)24-20/h10-12,16H,6-9H2,1-5H3,(H2,22,28)(H,23,24). The number of nitrogens with two attached hydrogens (primary N) is 1. The Morgan fingerprint density at radius 1 is 1.24 bits per heavy atom. The van der Waals surface area contributed by atoms with Crippen molar-refractivity contribution in [1.82, 2.24) is 19.6 Å². The van der Waals surface area contributed by atoms with Crippen LogP contribution in [0, 0.1) is 25.7 Å². The molecule has 8 nitrogen and oxygen atoms in total. The monoisotopic (exact) mass is 398 g/mol. The van der Waals surface area contributed by atoms with Gasteiger partial charge in [-0.1, -0.05) is 20.3 Å². The zero-order chi connectivity index (χ0) is 21.1. The molecule has 8 heteroatoms. The number of ether oxygens (including phenoxy) is 1. The minimum Gasteiger partial charge on any atom is -0.497 e. The number of aryl methyl sites for hydroxylation is 2. The van der Waals surface area contributed by atoms with Crippen LogP contribution in [0.15, 0.2) is 12.1 Å². The Morgan fingerprint density at radius 2 is 2.00 bits per heavy atom. The molecular weight excluding hydrogens is 368 g/mol. The average Bonchev–Trinajstić information content (AvgIpc) is 3.05. The van der Waals surface area contributed by atoms with Crippen molar-refractivity contribution in [2.24, 2.45) is 17.6 Å². The first kappa shape index (κ1) is 20.8. The van der Waals surface area contributed by atoms with Crippen LogP contribution in [-0.4, -0.2) is 39.1 Å². The van der Waals surface area contributed by atoms with Gasteiger partial charge in [0.05, 0.1) is 18.1 Å². The summed E-state index contributed by atoms with van der Waals surface area (Å²) in [5.41, 5.74) is 9.07. The first-order chi connectivity index (χ1) is 13.8. The summed E-state index contributed by atoms with van der Waals surface area (Å²) in [5.74, 6) is 2.25. The second-order valence-electron chi connectivity index (χ2n) is 7.85. The van der Waals surface area contributed by atoms with Crippen molar-refractivity contribution in [2.45, 2.75) is 47.0 Å². The molecule has 29 heavy (non-hydrogen) atoms. The van der Waals surface area contributed by atoms with Crippen molar-refractivity contribution in [3.8, 4) is 5.75 Å². The van der Waals surface area contributed by atoms with E-state index in [2.05, 4.69) is 15.5 Å². The van der Waals surface area contributed by atoms with Gasteiger partial charge in [0.2, 0.25) is 11.6 Å². The summed E-state index contributed by atoms with van der Waals surface area (Å²) < 4.78 is 7.43. The molecule has 0 radical (unpaired) electrons.